The number of urea groups is 1. The summed E-state index contributed by atoms with van der Waals surface area (Å²) < 4.78 is 1.42. The third kappa shape index (κ3) is 3.75. The van der Waals surface area contributed by atoms with E-state index >= 15 is 0 Å². The van der Waals surface area contributed by atoms with E-state index in [1.165, 1.54) is 4.57 Å². The molecule has 0 saturated heterocycles. The number of rotatable bonds is 4. The first-order valence-corrected chi connectivity index (χ1v) is 7.27. The molecular formula is C17H21N3O2. The Morgan fingerprint density at radius 2 is 1.77 bits per heavy atom. The van der Waals surface area contributed by atoms with Crippen LogP contribution >= 0.6 is 0 Å². The number of carbonyl (C=O) groups excluding carboxylic acids is 1. The Balaban J connectivity index is 2.12. The highest BCUT2D eigenvalue weighted by Gasteiger charge is 2.18. The van der Waals surface area contributed by atoms with Gasteiger partial charge in [-0.3, -0.25) is 4.79 Å². The lowest BCUT2D eigenvalue weighted by molar-refractivity contribution is 0.244. The summed E-state index contributed by atoms with van der Waals surface area (Å²) in [7, 11) is 1.65. The van der Waals surface area contributed by atoms with E-state index in [1.54, 1.807) is 25.4 Å². The molecule has 0 spiro atoms. The van der Waals surface area contributed by atoms with Crippen molar-refractivity contribution in [2.24, 2.45) is 13.0 Å². The molecule has 0 aliphatic heterocycles. The molecule has 0 fully saturated rings. The fourth-order valence-electron chi connectivity index (χ4n) is 2.29. The first-order valence-electron chi connectivity index (χ1n) is 7.27. The van der Waals surface area contributed by atoms with Gasteiger partial charge in [-0.25, -0.2) is 4.79 Å². The molecule has 2 aromatic rings. The van der Waals surface area contributed by atoms with E-state index < -0.39 is 0 Å². The molecule has 2 rings (SSSR count). The summed E-state index contributed by atoms with van der Waals surface area (Å²) in [5.74, 6) is 0.228. The zero-order valence-electron chi connectivity index (χ0n) is 13.0. The number of carbonyl (C=O) groups is 1. The number of aryl methyl sites for hydroxylation is 1. The largest absolute Gasteiger partial charge is 0.331 e. The minimum atomic E-state index is -0.383. The molecule has 0 radical (unpaired) electrons. The van der Waals surface area contributed by atoms with E-state index in [-0.39, 0.29) is 29.2 Å². The predicted molar refractivity (Wildman–Crippen MR) is 87.9 cm³/mol. The van der Waals surface area contributed by atoms with Gasteiger partial charge >= 0.3 is 6.03 Å². The van der Waals surface area contributed by atoms with Gasteiger partial charge in [0.15, 0.2) is 0 Å². The zero-order valence-corrected chi connectivity index (χ0v) is 13.0. The van der Waals surface area contributed by atoms with Gasteiger partial charge < -0.3 is 15.2 Å². The molecule has 0 saturated carbocycles. The number of benzene rings is 1. The Bertz CT molecular complexity index is 693. The Labute approximate surface area is 130 Å². The van der Waals surface area contributed by atoms with Crippen molar-refractivity contribution in [3.63, 3.8) is 0 Å². The smallest absolute Gasteiger partial charge is 0.319 e. The third-order valence-corrected chi connectivity index (χ3v) is 3.48. The van der Waals surface area contributed by atoms with Crippen LogP contribution in [0.25, 0.3) is 0 Å². The SMILES string of the molecule is CC(C)C(NC(=O)Nc1cccn(C)c1=O)c1ccccc1. The van der Waals surface area contributed by atoms with E-state index in [0.717, 1.165) is 5.56 Å². The number of hydrogen-bond donors (Lipinski definition) is 2. The Hall–Kier alpha value is -2.56. The number of pyridine rings is 1. The van der Waals surface area contributed by atoms with Crippen LogP contribution < -0.4 is 16.2 Å². The molecular weight excluding hydrogens is 278 g/mol. The molecule has 0 aliphatic carbocycles. The van der Waals surface area contributed by atoms with Gasteiger partial charge in [0.25, 0.3) is 5.56 Å². The molecule has 116 valence electrons. The standard InChI is InChI=1S/C17H21N3O2/c1-12(2)15(13-8-5-4-6-9-13)19-17(22)18-14-10-7-11-20(3)16(14)21/h4-12,15H,1-3H3,(H2,18,19,22). The van der Waals surface area contributed by atoms with Crippen LogP contribution in [-0.4, -0.2) is 10.6 Å². The second kappa shape index (κ2) is 6.93. The van der Waals surface area contributed by atoms with Gasteiger partial charge in [-0.2, -0.15) is 0 Å². The van der Waals surface area contributed by atoms with Crippen molar-refractivity contribution in [2.45, 2.75) is 19.9 Å². The second-order valence-corrected chi connectivity index (χ2v) is 5.57. The molecule has 1 aromatic heterocycles. The average molecular weight is 299 g/mol. The van der Waals surface area contributed by atoms with Crippen LogP contribution in [0.3, 0.4) is 0 Å². The topological polar surface area (TPSA) is 63.1 Å². The van der Waals surface area contributed by atoms with Crippen molar-refractivity contribution in [1.29, 1.82) is 0 Å². The van der Waals surface area contributed by atoms with Crippen molar-refractivity contribution in [3.05, 3.63) is 64.6 Å². The van der Waals surface area contributed by atoms with Crippen LogP contribution in [0.4, 0.5) is 10.5 Å². The van der Waals surface area contributed by atoms with Crippen LogP contribution in [0.1, 0.15) is 25.5 Å². The minimum absolute atomic E-state index is 0.117. The highest BCUT2D eigenvalue weighted by molar-refractivity contribution is 5.89. The van der Waals surface area contributed by atoms with Crippen LogP contribution in [0.2, 0.25) is 0 Å². The number of nitrogens with zero attached hydrogens (tertiary/aromatic N) is 1. The molecule has 22 heavy (non-hydrogen) atoms. The number of nitrogens with one attached hydrogen (secondary N) is 2. The van der Waals surface area contributed by atoms with Crippen molar-refractivity contribution in [2.75, 3.05) is 5.32 Å². The summed E-state index contributed by atoms with van der Waals surface area (Å²) in [6.07, 6.45) is 1.65. The van der Waals surface area contributed by atoms with Crippen molar-refractivity contribution in [3.8, 4) is 0 Å². The monoisotopic (exact) mass is 299 g/mol. The minimum Gasteiger partial charge on any atom is -0.331 e. The second-order valence-electron chi connectivity index (χ2n) is 5.57. The van der Waals surface area contributed by atoms with E-state index in [2.05, 4.69) is 10.6 Å². The molecule has 5 heteroatoms. The van der Waals surface area contributed by atoms with E-state index in [4.69, 9.17) is 0 Å². The first kappa shape index (κ1) is 15.8. The third-order valence-electron chi connectivity index (χ3n) is 3.48. The van der Waals surface area contributed by atoms with Crippen LogP contribution in [-0.2, 0) is 7.05 Å². The average Bonchev–Trinajstić information content (AvgIpc) is 2.50. The summed E-state index contributed by atoms with van der Waals surface area (Å²) in [6.45, 7) is 4.08. The number of anilines is 1. The number of amides is 2. The van der Waals surface area contributed by atoms with Crippen molar-refractivity contribution in [1.82, 2.24) is 9.88 Å². The predicted octanol–water partition coefficient (Wildman–Crippen LogP) is 2.90. The van der Waals surface area contributed by atoms with Crippen LogP contribution in [0.15, 0.2) is 53.5 Å². The normalized spacial score (nSPS) is 12.0. The molecule has 1 heterocycles. The van der Waals surface area contributed by atoms with Gasteiger partial charge in [0.1, 0.15) is 5.69 Å². The highest BCUT2D eigenvalue weighted by Crippen LogP contribution is 2.21. The fourth-order valence-corrected chi connectivity index (χ4v) is 2.29. The molecule has 0 bridgehead atoms. The van der Waals surface area contributed by atoms with Gasteiger partial charge in [0, 0.05) is 13.2 Å². The Morgan fingerprint density at radius 3 is 2.41 bits per heavy atom. The van der Waals surface area contributed by atoms with Gasteiger partial charge in [0.05, 0.1) is 6.04 Å². The molecule has 1 atom stereocenters. The summed E-state index contributed by atoms with van der Waals surface area (Å²) >= 11 is 0. The fraction of sp³-hybridized carbons (Fsp3) is 0.294. The Morgan fingerprint density at radius 1 is 1.09 bits per heavy atom. The van der Waals surface area contributed by atoms with E-state index in [9.17, 15) is 9.59 Å². The summed E-state index contributed by atoms with van der Waals surface area (Å²) in [5, 5.41) is 5.55. The van der Waals surface area contributed by atoms with E-state index in [1.807, 2.05) is 44.2 Å². The lowest BCUT2D eigenvalue weighted by Gasteiger charge is -2.23. The van der Waals surface area contributed by atoms with E-state index in [0.29, 0.717) is 0 Å². The summed E-state index contributed by atoms with van der Waals surface area (Å²) in [4.78, 5) is 24.1. The van der Waals surface area contributed by atoms with Crippen LogP contribution in [0, 0.1) is 5.92 Å². The maximum atomic E-state index is 12.2. The lowest BCUT2D eigenvalue weighted by Crippen LogP contribution is -2.36. The molecule has 2 N–H and O–H groups in total. The molecule has 5 nitrogen and oxygen atoms in total. The molecule has 2 amide bonds. The van der Waals surface area contributed by atoms with Crippen LogP contribution in [0.5, 0.6) is 0 Å². The zero-order chi connectivity index (χ0) is 16.1. The Kier molecular flexibility index (Phi) is 4.99. The van der Waals surface area contributed by atoms with Gasteiger partial charge in [-0.15, -0.1) is 0 Å². The quantitative estimate of drug-likeness (QED) is 0.911. The molecule has 1 unspecified atom stereocenters. The number of hydrogen-bond acceptors (Lipinski definition) is 2. The molecule has 1 aromatic carbocycles. The lowest BCUT2D eigenvalue weighted by atomic mass is 9.96. The maximum absolute atomic E-state index is 12.2. The maximum Gasteiger partial charge on any atom is 0.319 e. The van der Waals surface area contributed by atoms with Crippen molar-refractivity contribution < 1.29 is 4.79 Å². The first-order chi connectivity index (χ1) is 10.5. The highest BCUT2D eigenvalue weighted by atomic mass is 16.2. The summed E-state index contributed by atoms with van der Waals surface area (Å²) in [6, 6.07) is 12.6. The van der Waals surface area contributed by atoms with Gasteiger partial charge in [0.2, 0.25) is 0 Å². The number of aromatic nitrogens is 1. The van der Waals surface area contributed by atoms with Gasteiger partial charge in [-0.1, -0.05) is 44.2 Å². The summed E-state index contributed by atoms with van der Waals surface area (Å²) in [5.41, 5.74) is 1.06. The molecule has 0 aliphatic rings. The van der Waals surface area contributed by atoms with Gasteiger partial charge in [-0.05, 0) is 23.6 Å². The van der Waals surface area contributed by atoms with Crippen molar-refractivity contribution >= 4 is 11.7 Å².